The van der Waals surface area contributed by atoms with Gasteiger partial charge in [0.2, 0.25) is 15.9 Å². The summed E-state index contributed by atoms with van der Waals surface area (Å²) in [6.07, 6.45) is 1.07. The Kier molecular flexibility index (Phi) is 4.17. The number of rotatable bonds is 5. The summed E-state index contributed by atoms with van der Waals surface area (Å²) in [7, 11) is -3.32. The number of sulfonamides is 1. The van der Waals surface area contributed by atoms with Crippen molar-refractivity contribution >= 4 is 38.3 Å². The second-order valence-electron chi connectivity index (χ2n) is 5.24. The first kappa shape index (κ1) is 15.9. The van der Waals surface area contributed by atoms with Gasteiger partial charge < -0.3 is 5.32 Å². The van der Waals surface area contributed by atoms with Crippen molar-refractivity contribution in [2.24, 2.45) is 0 Å². The molecule has 0 atom stereocenters. The lowest BCUT2D eigenvalue weighted by Gasteiger charge is -2.07. The first-order valence-corrected chi connectivity index (χ1v) is 8.96. The van der Waals surface area contributed by atoms with Crippen LogP contribution in [0.2, 0.25) is 0 Å². The van der Waals surface area contributed by atoms with Gasteiger partial charge in [-0.1, -0.05) is 17.3 Å². The summed E-state index contributed by atoms with van der Waals surface area (Å²) in [6, 6.07) is 13.7. The molecule has 24 heavy (non-hydrogen) atoms. The number of aromatic nitrogens is 3. The maximum Gasteiger partial charge on any atom is 0.246 e. The second kappa shape index (κ2) is 6.28. The summed E-state index contributed by atoms with van der Waals surface area (Å²) in [5, 5.41) is 10.7. The summed E-state index contributed by atoms with van der Waals surface area (Å²) in [4.78, 5) is 12.1. The molecule has 3 rings (SSSR count). The number of hydrogen-bond acceptors (Lipinski definition) is 5. The quantitative estimate of drug-likeness (QED) is 0.728. The average molecular weight is 345 g/mol. The molecule has 9 heteroatoms. The van der Waals surface area contributed by atoms with E-state index >= 15 is 0 Å². The van der Waals surface area contributed by atoms with Crippen molar-refractivity contribution in [2.75, 3.05) is 16.3 Å². The van der Waals surface area contributed by atoms with Gasteiger partial charge >= 0.3 is 0 Å². The number of fused-ring (bicyclic) bond motifs is 1. The molecule has 0 saturated carbocycles. The molecule has 0 aliphatic rings. The maximum absolute atomic E-state index is 12.1. The molecule has 0 spiro atoms. The van der Waals surface area contributed by atoms with Crippen LogP contribution in [0.1, 0.15) is 0 Å². The molecular formula is C15H15N5O3S. The van der Waals surface area contributed by atoms with Gasteiger partial charge in [0, 0.05) is 11.4 Å². The topological polar surface area (TPSA) is 106 Å². The number of nitrogens with zero attached hydrogens (tertiary/aromatic N) is 3. The maximum atomic E-state index is 12.1. The van der Waals surface area contributed by atoms with E-state index in [2.05, 4.69) is 20.4 Å². The smallest absolute Gasteiger partial charge is 0.246 e. The van der Waals surface area contributed by atoms with Gasteiger partial charge in [0.1, 0.15) is 12.1 Å². The Morgan fingerprint density at radius 3 is 2.46 bits per heavy atom. The monoisotopic (exact) mass is 345 g/mol. The van der Waals surface area contributed by atoms with Crippen LogP contribution in [0.25, 0.3) is 11.0 Å². The summed E-state index contributed by atoms with van der Waals surface area (Å²) >= 11 is 0. The molecule has 124 valence electrons. The zero-order valence-electron chi connectivity index (χ0n) is 12.8. The predicted octanol–water partition coefficient (Wildman–Crippen LogP) is 1.44. The SMILES string of the molecule is CS(=O)(=O)Nc1ccc(NC(=O)Cn2nnc3ccccc32)cc1. The van der Waals surface area contributed by atoms with Crippen LogP contribution in [0.3, 0.4) is 0 Å². The van der Waals surface area contributed by atoms with Crippen LogP contribution in [0, 0.1) is 0 Å². The molecule has 8 nitrogen and oxygen atoms in total. The Bertz CT molecular complexity index is 980. The highest BCUT2D eigenvalue weighted by Crippen LogP contribution is 2.15. The van der Waals surface area contributed by atoms with Gasteiger partial charge in [-0.3, -0.25) is 9.52 Å². The Balaban J connectivity index is 1.66. The Hall–Kier alpha value is -2.94. The number of anilines is 2. The van der Waals surface area contributed by atoms with Crippen LogP contribution in [0.15, 0.2) is 48.5 Å². The van der Waals surface area contributed by atoms with E-state index in [-0.39, 0.29) is 12.5 Å². The van der Waals surface area contributed by atoms with Crippen LogP contribution in [-0.2, 0) is 21.4 Å². The minimum Gasteiger partial charge on any atom is -0.324 e. The fourth-order valence-electron chi connectivity index (χ4n) is 2.21. The Morgan fingerprint density at radius 2 is 1.75 bits per heavy atom. The lowest BCUT2D eigenvalue weighted by atomic mass is 10.3. The Labute approximate surface area is 138 Å². The van der Waals surface area contributed by atoms with E-state index < -0.39 is 10.0 Å². The normalized spacial score (nSPS) is 11.4. The standard InChI is InChI=1S/C15H15N5O3S/c1-24(22,23)18-12-8-6-11(7-9-12)16-15(21)10-20-14-5-3-2-4-13(14)17-19-20/h2-9,18H,10H2,1H3,(H,16,21). The molecule has 1 amide bonds. The molecule has 3 aromatic rings. The van der Waals surface area contributed by atoms with E-state index in [1.165, 1.54) is 4.68 Å². The van der Waals surface area contributed by atoms with Crippen LogP contribution in [0.4, 0.5) is 11.4 Å². The van der Waals surface area contributed by atoms with E-state index in [4.69, 9.17) is 0 Å². The molecule has 2 aromatic carbocycles. The zero-order chi connectivity index (χ0) is 17.2. The number of amides is 1. The highest BCUT2D eigenvalue weighted by molar-refractivity contribution is 7.92. The number of para-hydroxylation sites is 1. The molecule has 0 aliphatic carbocycles. The van der Waals surface area contributed by atoms with Crippen molar-refractivity contribution in [2.45, 2.75) is 6.54 Å². The zero-order valence-corrected chi connectivity index (χ0v) is 13.6. The second-order valence-corrected chi connectivity index (χ2v) is 6.98. The molecule has 1 heterocycles. The van der Waals surface area contributed by atoms with Gasteiger partial charge in [0.15, 0.2) is 0 Å². The average Bonchev–Trinajstić information content (AvgIpc) is 2.91. The lowest BCUT2D eigenvalue weighted by Crippen LogP contribution is -2.19. The number of carbonyl (C=O) groups is 1. The summed E-state index contributed by atoms with van der Waals surface area (Å²) in [5.41, 5.74) is 2.49. The molecule has 2 N–H and O–H groups in total. The van der Waals surface area contributed by atoms with Gasteiger partial charge in [0.25, 0.3) is 0 Å². The number of nitrogens with one attached hydrogen (secondary N) is 2. The van der Waals surface area contributed by atoms with E-state index in [9.17, 15) is 13.2 Å². The third kappa shape index (κ3) is 3.87. The third-order valence-electron chi connectivity index (χ3n) is 3.19. The summed E-state index contributed by atoms with van der Waals surface area (Å²) in [5.74, 6) is -0.255. The molecule has 0 unspecified atom stereocenters. The minimum atomic E-state index is -3.32. The summed E-state index contributed by atoms with van der Waals surface area (Å²) in [6.45, 7) is 0.0316. The van der Waals surface area contributed by atoms with Gasteiger partial charge in [-0.15, -0.1) is 5.10 Å². The number of hydrogen-bond donors (Lipinski definition) is 2. The largest absolute Gasteiger partial charge is 0.324 e. The fourth-order valence-corrected chi connectivity index (χ4v) is 2.77. The molecule has 1 aromatic heterocycles. The predicted molar refractivity (Wildman–Crippen MR) is 91.1 cm³/mol. The summed E-state index contributed by atoms with van der Waals surface area (Å²) < 4.78 is 26.2. The molecular weight excluding hydrogens is 330 g/mol. The number of carbonyl (C=O) groups excluding carboxylic acids is 1. The van der Waals surface area contributed by atoms with Crippen molar-refractivity contribution in [3.05, 3.63) is 48.5 Å². The highest BCUT2D eigenvalue weighted by Gasteiger charge is 2.09. The fraction of sp³-hybridized carbons (Fsp3) is 0.133. The van der Waals surface area contributed by atoms with Crippen molar-refractivity contribution in [1.82, 2.24) is 15.0 Å². The van der Waals surface area contributed by atoms with E-state index in [1.54, 1.807) is 24.3 Å². The van der Waals surface area contributed by atoms with Crippen LogP contribution in [-0.4, -0.2) is 35.6 Å². The molecule has 0 aliphatic heterocycles. The van der Waals surface area contributed by atoms with E-state index in [0.29, 0.717) is 11.4 Å². The molecule has 0 saturated heterocycles. The minimum absolute atomic E-state index is 0.0316. The molecule has 0 fully saturated rings. The van der Waals surface area contributed by atoms with E-state index in [0.717, 1.165) is 17.3 Å². The number of benzene rings is 2. The van der Waals surface area contributed by atoms with Crippen molar-refractivity contribution in [3.8, 4) is 0 Å². The van der Waals surface area contributed by atoms with Crippen molar-refractivity contribution in [3.63, 3.8) is 0 Å². The van der Waals surface area contributed by atoms with Crippen LogP contribution in [0.5, 0.6) is 0 Å². The van der Waals surface area contributed by atoms with Gasteiger partial charge in [-0.05, 0) is 36.4 Å². The van der Waals surface area contributed by atoms with Crippen molar-refractivity contribution in [1.29, 1.82) is 0 Å². The molecule has 0 bridgehead atoms. The first-order valence-electron chi connectivity index (χ1n) is 7.07. The highest BCUT2D eigenvalue weighted by atomic mass is 32.2. The van der Waals surface area contributed by atoms with Gasteiger partial charge in [0.05, 0.1) is 11.8 Å². The first-order chi connectivity index (χ1) is 11.4. The van der Waals surface area contributed by atoms with Crippen LogP contribution < -0.4 is 10.0 Å². The van der Waals surface area contributed by atoms with Crippen LogP contribution >= 0.6 is 0 Å². The van der Waals surface area contributed by atoms with E-state index in [1.807, 2.05) is 24.3 Å². The lowest BCUT2D eigenvalue weighted by molar-refractivity contribution is -0.116. The molecule has 0 radical (unpaired) electrons. The Morgan fingerprint density at radius 1 is 1.08 bits per heavy atom. The third-order valence-corrected chi connectivity index (χ3v) is 3.79. The van der Waals surface area contributed by atoms with Gasteiger partial charge in [-0.25, -0.2) is 13.1 Å². The van der Waals surface area contributed by atoms with Gasteiger partial charge in [-0.2, -0.15) is 0 Å². The van der Waals surface area contributed by atoms with Crippen molar-refractivity contribution < 1.29 is 13.2 Å².